The highest BCUT2D eigenvalue weighted by molar-refractivity contribution is 7.15. The molecule has 1 N–H and O–H groups in total. The molecule has 1 fully saturated rings. The Morgan fingerprint density at radius 1 is 1.67 bits per heavy atom. The molecule has 2 aromatic rings. The van der Waals surface area contributed by atoms with Crippen LogP contribution in [0.15, 0.2) is 11.6 Å². The quantitative estimate of drug-likeness (QED) is 0.921. The van der Waals surface area contributed by atoms with E-state index in [9.17, 15) is 9.90 Å². The van der Waals surface area contributed by atoms with Gasteiger partial charge in [-0.05, 0) is 25.7 Å². The zero-order chi connectivity index (χ0) is 12.9. The van der Waals surface area contributed by atoms with Gasteiger partial charge in [0.2, 0.25) is 0 Å². The third-order valence-corrected chi connectivity index (χ3v) is 4.45. The first-order valence-corrected chi connectivity index (χ1v) is 6.89. The molecule has 1 saturated carbocycles. The SMILES string of the molecule is CC(C1CC1)N(C)c1nc2sccn2c1C(=O)O. The van der Waals surface area contributed by atoms with Crippen LogP contribution in [0, 0.1) is 5.92 Å². The van der Waals surface area contributed by atoms with E-state index in [1.807, 2.05) is 17.3 Å². The fourth-order valence-electron chi connectivity index (χ4n) is 2.31. The lowest BCUT2D eigenvalue weighted by Crippen LogP contribution is -2.32. The van der Waals surface area contributed by atoms with Crippen molar-refractivity contribution in [2.75, 3.05) is 11.9 Å². The largest absolute Gasteiger partial charge is 0.476 e. The van der Waals surface area contributed by atoms with Gasteiger partial charge in [0.15, 0.2) is 16.5 Å². The summed E-state index contributed by atoms with van der Waals surface area (Å²) in [6, 6.07) is 0.340. The molecule has 3 rings (SSSR count). The number of carboxylic acids is 1. The topological polar surface area (TPSA) is 57.8 Å². The third kappa shape index (κ3) is 1.68. The molecule has 0 radical (unpaired) electrons. The van der Waals surface area contributed by atoms with Crippen LogP contribution >= 0.6 is 11.3 Å². The number of carboxylic acid groups (broad SMARTS) is 1. The van der Waals surface area contributed by atoms with Gasteiger partial charge >= 0.3 is 5.97 Å². The number of anilines is 1. The maximum Gasteiger partial charge on any atom is 0.356 e. The zero-order valence-electron chi connectivity index (χ0n) is 10.3. The molecule has 0 aliphatic heterocycles. The van der Waals surface area contributed by atoms with Gasteiger partial charge in [-0.2, -0.15) is 0 Å². The van der Waals surface area contributed by atoms with Gasteiger partial charge in [0.05, 0.1) is 0 Å². The molecule has 0 aromatic carbocycles. The zero-order valence-corrected chi connectivity index (χ0v) is 11.1. The van der Waals surface area contributed by atoms with Gasteiger partial charge in [-0.3, -0.25) is 4.40 Å². The van der Waals surface area contributed by atoms with Crippen molar-refractivity contribution in [2.24, 2.45) is 5.92 Å². The predicted octanol–water partition coefficient (Wildman–Crippen LogP) is 2.33. The van der Waals surface area contributed by atoms with E-state index in [2.05, 4.69) is 11.9 Å². The van der Waals surface area contributed by atoms with Crippen LogP contribution in [0.2, 0.25) is 0 Å². The minimum atomic E-state index is -0.925. The second kappa shape index (κ2) is 3.98. The molecule has 1 aliphatic carbocycles. The second-order valence-corrected chi connectivity index (χ2v) is 5.71. The third-order valence-electron chi connectivity index (χ3n) is 3.70. The lowest BCUT2D eigenvalue weighted by molar-refractivity contribution is 0.0690. The molecule has 1 unspecified atom stereocenters. The van der Waals surface area contributed by atoms with Gasteiger partial charge in [0.1, 0.15) is 0 Å². The van der Waals surface area contributed by atoms with Gasteiger partial charge in [0, 0.05) is 24.7 Å². The first-order valence-electron chi connectivity index (χ1n) is 6.01. The molecule has 2 aromatic heterocycles. The highest BCUT2D eigenvalue weighted by Crippen LogP contribution is 2.37. The van der Waals surface area contributed by atoms with Gasteiger partial charge in [-0.15, -0.1) is 11.3 Å². The van der Waals surface area contributed by atoms with Crippen LogP contribution in [-0.4, -0.2) is 33.6 Å². The summed E-state index contributed by atoms with van der Waals surface area (Å²) >= 11 is 1.45. The molecule has 5 nitrogen and oxygen atoms in total. The van der Waals surface area contributed by atoms with Gasteiger partial charge in [-0.25, -0.2) is 9.78 Å². The summed E-state index contributed by atoms with van der Waals surface area (Å²) < 4.78 is 1.65. The van der Waals surface area contributed by atoms with Crippen molar-refractivity contribution in [3.05, 3.63) is 17.3 Å². The Bertz CT molecular complexity index is 600. The van der Waals surface area contributed by atoms with E-state index in [1.165, 1.54) is 24.2 Å². The van der Waals surface area contributed by atoms with E-state index in [4.69, 9.17) is 0 Å². The van der Waals surface area contributed by atoms with E-state index in [-0.39, 0.29) is 5.69 Å². The monoisotopic (exact) mass is 265 g/mol. The lowest BCUT2D eigenvalue weighted by Gasteiger charge is -2.25. The minimum absolute atomic E-state index is 0.265. The molecular formula is C12H15N3O2S. The molecule has 96 valence electrons. The van der Waals surface area contributed by atoms with Crippen molar-refractivity contribution < 1.29 is 9.90 Å². The summed E-state index contributed by atoms with van der Waals surface area (Å²) in [5.41, 5.74) is 0.265. The molecule has 0 saturated heterocycles. The molecule has 2 heterocycles. The number of imidazole rings is 1. The number of thiazole rings is 1. The highest BCUT2D eigenvalue weighted by atomic mass is 32.1. The van der Waals surface area contributed by atoms with Crippen LogP contribution in [0.5, 0.6) is 0 Å². The number of aromatic carboxylic acids is 1. The standard InChI is InChI=1S/C12H15N3O2S/c1-7(8-3-4-8)14(2)10-9(11(16)17)15-5-6-18-12(15)13-10/h5-8H,3-4H2,1-2H3,(H,16,17). The number of fused-ring (bicyclic) bond motifs is 1. The van der Waals surface area contributed by atoms with E-state index >= 15 is 0 Å². The Balaban J connectivity index is 2.06. The summed E-state index contributed by atoms with van der Waals surface area (Å²) in [4.78, 5) is 18.6. The van der Waals surface area contributed by atoms with Crippen molar-refractivity contribution in [2.45, 2.75) is 25.8 Å². The summed E-state index contributed by atoms with van der Waals surface area (Å²) in [6.07, 6.45) is 4.22. The minimum Gasteiger partial charge on any atom is -0.476 e. The maximum absolute atomic E-state index is 11.4. The average Bonchev–Trinajstić information content (AvgIpc) is 2.96. The first kappa shape index (κ1) is 11.5. The average molecular weight is 265 g/mol. The predicted molar refractivity (Wildman–Crippen MR) is 70.6 cm³/mol. The Morgan fingerprint density at radius 3 is 3.00 bits per heavy atom. The van der Waals surface area contributed by atoms with Crippen molar-refractivity contribution in [1.82, 2.24) is 9.38 Å². The Kier molecular flexibility index (Phi) is 2.55. The van der Waals surface area contributed by atoms with E-state index in [0.29, 0.717) is 17.8 Å². The molecule has 0 bridgehead atoms. The molecule has 1 atom stereocenters. The summed E-state index contributed by atoms with van der Waals surface area (Å²) in [5, 5.41) is 11.2. The van der Waals surface area contributed by atoms with Crippen molar-refractivity contribution in [3.8, 4) is 0 Å². The lowest BCUT2D eigenvalue weighted by atomic mass is 10.2. The fraction of sp³-hybridized carbons (Fsp3) is 0.500. The Morgan fingerprint density at radius 2 is 2.39 bits per heavy atom. The van der Waals surface area contributed by atoms with E-state index in [1.54, 1.807) is 10.6 Å². The highest BCUT2D eigenvalue weighted by Gasteiger charge is 2.33. The molecule has 0 spiro atoms. The molecule has 1 aliphatic rings. The summed E-state index contributed by atoms with van der Waals surface area (Å²) in [7, 11) is 1.93. The van der Waals surface area contributed by atoms with Crippen molar-refractivity contribution in [1.29, 1.82) is 0 Å². The maximum atomic E-state index is 11.4. The van der Waals surface area contributed by atoms with Gasteiger partial charge < -0.3 is 10.0 Å². The van der Waals surface area contributed by atoms with Crippen molar-refractivity contribution >= 4 is 28.1 Å². The molecular weight excluding hydrogens is 250 g/mol. The molecule has 6 heteroatoms. The van der Waals surface area contributed by atoms with Crippen LogP contribution in [0.4, 0.5) is 5.82 Å². The summed E-state index contributed by atoms with van der Waals surface area (Å²) in [5.74, 6) is 0.330. The van der Waals surface area contributed by atoms with Crippen LogP contribution in [0.25, 0.3) is 4.96 Å². The molecule has 18 heavy (non-hydrogen) atoms. The normalized spacial score (nSPS) is 17.0. The first-order chi connectivity index (χ1) is 8.59. The van der Waals surface area contributed by atoms with Gasteiger partial charge in [0.25, 0.3) is 0 Å². The number of aromatic nitrogens is 2. The Labute approximate surface area is 109 Å². The van der Waals surface area contributed by atoms with Crippen LogP contribution < -0.4 is 4.90 Å². The number of hydrogen-bond acceptors (Lipinski definition) is 4. The Hall–Kier alpha value is -1.56. The van der Waals surface area contributed by atoms with Crippen molar-refractivity contribution in [3.63, 3.8) is 0 Å². The smallest absolute Gasteiger partial charge is 0.356 e. The number of hydrogen-bond donors (Lipinski definition) is 1. The summed E-state index contributed by atoms with van der Waals surface area (Å²) in [6.45, 7) is 2.14. The fourth-order valence-corrected chi connectivity index (χ4v) is 3.02. The van der Waals surface area contributed by atoms with E-state index in [0.717, 1.165) is 4.96 Å². The van der Waals surface area contributed by atoms with Crippen LogP contribution in [0.3, 0.4) is 0 Å². The second-order valence-electron chi connectivity index (χ2n) is 4.83. The van der Waals surface area contributed by atoms with E-state index < -0.39 is 5.97 Å². The number of carbonyl (C=O) groups is 1. The van der Waals surface area contributed by atoms with Crippen LogP contribution in [0.1, 0.15) is 30.3 Å². The number of nitrogens with zero attached hydrogens (tertiary/aromatic N) is 3. The van der Waals surface area contributed by atoms with Crippen LogP contribution in [-0.2, 0) is 0 Å². The number of rotatable bonds is 4. The van der Waals surface area contributed by atoms with Gasteiger partial charge in [-0.1, -0.05) is 0 Å². The molecule has 0 amide bonds.